The third-order valence-electron chi connectivity index (χ3n) is 1.86. The predicted octanol–water partition coefficient (Wildman–Crippen LogP) is 1.34. The van der Waals surface area contributed by atoms with E-state index in [9.17, 15) is 10.1 Å². The summed E-state index contributed by atoms with van der Waals surface area (Å²) < 4.78 is 0. The van der Waals surface area contributed by atoms with Gasteiger partial charge in [-0.25, -0.2) is 0 Å². The van der Waals surface area contributed by atoms with Crippen LogP contribution in [0.25, 0.3) is 0 Å². The molecule has 1 heterocycles. The Kier molecular flexibility index (Phi) is 3.57. The highest BCUT2D eigenvalue weighted by molar-refractivity contribution is 5.41. The number of nitriles is 1. The summed E-state index contributed by atoms with van der Waals surface area (Å²) in [5, 5.41) is 18.9. The van der Waals surface area contributed by atoms with Gasteiger partial charge in [-0.1, -0.05) is 0 Å². The molecule has 6 nitrogen and oxygen atoms in total. The van der Waals surface area contributed by atoms with Crippen LogP contribution in [-0.2, 0) is 0 Å². The Morgan fingerprint density at radius 1 is 1.67 bits per heavy atom. The van der Waals surface area contributed by atoms with Crippen LogP contribution < -0.4 is 4.90 Å². The van der Waals surface area contributed by atoms with Gasteiger partial charge in [-0.3, -0.25) is 0 Å². The van der Waals surface area contributed by atoms with Crippen LogP contribution in [0, 0.1) is 21.4 Å². The van der Waals surface area contributed by atoms with Gasteiger partial charge in [0.2, 0.25) is 5.82 Å². The Morgan fingerprint density at radius 2 is 2.40 bits per heavy atom. The summed E-state index contributed by atoms with van der Waals surface area (Å²) in [5.41, 5.74) is 0. The van der Waals surface area contributed by atoms with Crippen LogP contribution in [-0.4, -0.2) is 23.5 Å². The SMILES string of the molecule is CN(CCC#N)c1cccc([N+](=O)[O-])n1. The third kappa shape index (κ3) is 2.91. The summed E-state index contributed by atoms with van der Waals surface area (Å²) in [6.07, 6.45) is 0.362. The molecule has 0 N–H and O–H groups in total. The second-order valence-corrected chi connectivity index (χ2v) is 2.94. The van der Waals surface area contributed by atoms with Crippen LogP contribution in [0.4, 0.5) is 11.6 Å². The van der Waals surface area contributed by atoms with Crippen molar-refractivity contribution in [3.05, 3.63) is 28.3 Å². The van der Waals surface area contributed by atoms with Crippen molar-refractivity contribution in [2.75, 3.05) is 18.5 Å². The molecule has 0 aliphatic carbocycles. The molecule has 0 unspecified atom stereocenters. The normalized spacial score (nSPS) is 9.33. The summed E-state index contributed by atoms with van der Waals surface area (Å²) in [6, 6.07) is 6.58. The maximum absolute atomic E-state index is 10.5. The number of hydrogen-bond acceptors (Lipinski definition) is 5. The fraction of sp³-hybridized carbons (Fsp3) is 0.333. The number of nitro groups is 1. The zero-order valence-corrected chi connectivity index (χ0v) is 8.25. The van der Waals surface area contributed by atoms with Crippen LogP contribution in [0.1, 0.15) is 6.42 Å². The molecule has 15 heavy (non-hydrogen) atoms. The van der Waals surface area contributed by atoms with Gasteiger partial charge in [-0.2, -0.15) is 5.26 Å². The first-order chi connectivity index (χ1) is 7.15. The Bertz CT molecular complexity index is 399. The molecule has 0 bridgehead atoms. The molecule has 0 spiro atoms. The number of nitrogens with zero attached hydrogens (tertiary/aromatic N) is 4. The van der Waals surface area contributed by atoms with Crippen LogP contribution >= 0.6 is 0 Å². The largest absolute Gasteiger partial charge is 0.365 e. The zero-order chi connectivity index (χ0) is 11.3. The monoisotopic (exact) mass is 206 g/mol. The second kappa shape index (κ2) is 4.91. The van der Waals surface area contributed by atoms with E-state index in [-0.39, 0.29) is 5.82 Å². The maximum Gasteiger partial charge on any atom is 0.365 e. The highest BCUT2D eigenvalue weighted by atomic mass is 16.6. The molecular weight excluding hydrogens is 196 g/mol. The second-order valence-electron chi connectivity index (χ2n) is 2.94. The van der Waals surface area contributed by atoms with Crippen molar-refractivity contribution < 1.29 is 4.92 Å². The zero-order valence-electron chi connectivity index (χ0n) is 8.25. The maximum atomic E-state index is 10.5. The first-order valence-corrected chi connectivity index (χ1v) is 4.34. The Hall–Kier alpha value is -2.16. The van der Waals surface area contributed by atoms with Crippen molar-refractivity contribution >= 4 is 11.6 Å². The van der Waals surface area contributed by atoms with E-state index >= 15 is 0 Å². The van der Waals surface area contributed by atoms with Gasteiger partial charge >= 0.3 is 5.82 Å². The molecule has 0 radical (unpaired) electrons. The first-order valence-electron chi connectivity index (χ1n) is 4.34. The smallest absolute Gasteiger partial charge is 0.358 e. The molecule has 0 aliphatic rings. The van der Waals surface area contributed by atoms with E-state index in [4.69, 9.17) is 5.26 Å². The van der Waals surface area contributed by atoms with Crippen molar-refractivity contribution in [3.63, 3.8) is 0 Å². The quantitative estimate of drug-likeness (QED) is 0.548. The molecular formula is C9H10N4O2. The van der Waals surface area contributed by atoms with Crippen molar-refractivity contribution in [2.24, 2.45) is 0 Å². The fourth-order valence-corrected chi connectivity index (χ4v) is 1.06. The van der Waals surface area contributed by atoms with E-state index in [2.05, 4.69) is 4.98 Å². The Morgan fingerprint density at radius 3 is 3.00 bits per heavy atom. The summed E-state index contributed by atoms with van der Waals surface area (Å²) in [4.78, 5) is 15.5. The summed E-state index contributed by atoms with van der Waals surface area (Å²) in [5.74, 6) is 0.316. The molecule has 0 saturated carbocycles. The Labute approximate surface area is 86.9 Å². The van der Waals surface area contributed by atoms with E-state index in [1.165, 1.54) is 6.07 Å². The lowest BCUT2D eigenvalue weighted by Crippen LogP contribution is -2.19. The molecule has 0 amide bonds. The number of rotatable bonds is 4. The molecule has 1 aromatic rings. The highest BCUT2D eigenvalue weighted by Crippen LogP contribution is 2.14. The standard InChI is InChI=1S/C9H10N4O2/c1-12(7-3-6-10)8-4-2-5-9(11-8)13(14)15/h2,4-5H,3,7H2,1H3. The number of hydrogen-bond donors (Lipinski definition) is 0. The third-order valence-corrected chi connectivity index (χ3v) is 1.86. The van der Waals surface area contributed by atoms with Gasteiger partial charge in [0.05, 0.1) is 12.5 Å². The fourth-order valence-electron chi connectivity index (χ4n) is 1.06. The van der Waals surface area contributed by atoms with E-state index in [0.29, 0.717) is 18.8 Å². The van der Waals surface area contributed by atoms with Crippen LogP contribution in [0.5, 0.6) is 0 Å². The minimum absolute atomic E-state index is 0.184. The lowest BCUT2D eigenvalue weighted by molar-refractivity contribution is -0.389. The summed E-state index contributed by atoms with van der Waals surface area (Å²) >= 11 is 0. The predicted molar refractivity (Wildman–Crippen MR) is 54.4 cm³/mol. The van der Waals surface area contributed by atoms with Crippen molar-refractivity contribution in [3.8, 4) is 6.07 Å². The molecule has 6 heteroatoms. The molecule has 78 valence electrons. The van der Waals surface area contributed by atoms with Crippen molar-refractivity contribution in [1.29, 1.82) is 5.26 Å². The van der Waals surface area contributed by atoms with Gasteiger partial charge in [0.25, 0.3) is 0 Å². The average molecular weight is 206 g/mol. The minimum atomic E-state index is -0.540. The lowest BCUT2D eigenvalue weighted by Gasteiger charge is -2.11. The van der Waals surface area contributed by atoms with Crippen molar-refractivity contribution in [1.82, 2.24) is 4.98 Å². The van der Waals surface area contributed by atoms with Gasteiger partial charge in [-0.05, 0) is 16.0 Å². The van der Waals surface area contributed by atoms with E-state index < -0.39 is 4.92 Å². The van der Waals surface area contributed by atoms with Crippen molar-refractivity contribution in [2.45, 2.75) is 6.42 Å². The summed E-state index contributed by atoms with van der Waals surface area (Å²) in [6.45, 7) is 0.505. The van der Waals surface area contributed by atoms with Crippen LogP contribution in [0.3, 0.4) is 0 Å². The summed E-state index contributed by atoms with van der Waals surface area (Å²) in [7, 11) is 1.74. The lowest BCUT2D eigenvalue weighted by atomic mass is 10.4. The van der Waals surface area contributed by atoms with E-state index in [1.54, 1.807) is 24.1 Å². The van der Waals surface area contributed by atoms with Gasteiger partial charge in [0.15, 0.2) is 0 Å². The molecule has 0 saturated heterocycles. The molecule has 0 aliphatic heterocycles. The van der Waals surface area contributed by atoms with Gasteiger partial charge in [0.1, 0.15) is 0 Å². The Balaban J connectivity index is 2.81. The van der Waals surface area contributed by atoms with E-state index in [1.807, 2.05) is 6.07 Å². The van der Waals surface area contributed by atoms with E-state index in [0.717, 1.165) is 0 Å². The van der Waals surface area contributed by atoms with Crippen LogP contribution in [0.15, 0.2) is 18.2 Å². The molecule has 0 fully saturated rings. The molecule has 0 atom stereocenters. The minimum Gasteiger partial charge on any atom is -0.358 e. The molecule has 0 aromatic carbocycles. The molecule has 1 rings (SSSR count). The number of pyridine rings is 1. The van der Waals surface area contributed by atoms with Crippen LogP contribution in [0.2, 0.25) is 0 Å². The first kappa shape index (κ1) is 10.9. The highest BCUT2D eigenvalue weighted by Gasteiger charge is 2.12. The van der Waals surface area contributed by atoms with Gasteiger partial charge < -0.3 is 15.0 Å². The number of anilines is 1. The van der Waals surface area contributed by atoms with Gasteiger partial charge in [-0.15, -0.1) is 0 Å². The van der Waals surface area contributed by atoms with Gasteiger partial charge in [0, 0.05) is 25.7 Å². The number of aromatic nitrogens is 1. The topological polar surface area (TPSA) is 83.1 Å². The average Bonchev–Trinajstić information content (AvgIpc) is 2.26. The molecule has 1 aromatic heterocycles.